The number of primary amides is 1. The van der Waals surface area contributed by atoms with Crippen molar-refractivity contribution >= 4 is 22.6 Å². The van der Waals surface area contributed by atoms with Crippen LogP contribution in [0.2, 0.25) is 0 Å². The molecular formula is C23H22N6O2. The van der Waals surface area contributed by atoms with Crippen molar-refractivity contribution in [2.75, 3.05) is 5.73 Å². The Labute approximate surface area is 178 Å². The number of fused-ring (bicyclic) bond motifs is 1. The molecule has 5 N–H and O–H groups in total. The molecule has 2 aromatic carbocycles. The number of aromatic nitrogens is 4. The van der Waals surface area contributed by atoms with E-state index in [1.807, 2.05) is 48.5 Å². The molecule has 2 heterocycles. The maximum Gasteiger partial charge on any atom is 0.254 e. The van der Waals surface area contributed by atoms with Crippen molar-refractivity contribution in [3.05, 3.63) is 60.3 Å². The zero-order chi connectivity index (χ0) is 21.8. The fourth-order valence-electron chi connectivity index (χ4n) is 4.20. The zero-order valence-corrected chi connectivity index (χ0v) is 17.0. The fourth-order valence-corrected chi connectivity index (χ4v) is 4.20. The number of aliphatic hydroxyl groups is 1. The molecule has 1 aliphatic rings. The fraction of sp³-hybridized carbons (Fsp3) is 0.217. The lowest BCUT2D eigenvalue weighted by atomic mass is 9.77. The zero-order valence-electron chi connectivity index (χ0n) is 17.0. The van der Waals surface area contributed by atoms with Gasteiger partial charge in [-0.3, -0.25) is 4.79 Å². The maximum absolute atomic E-state index is 12.2. The van der Waals surface area contributed by atoms with Gasteiger partial charge >= 0.3 is 0 Å². The number of hydrogen-bond acceptors (Lipinski definition) is 6. The van der Waals surface area contributed by atoms with Crippen molar-refractivity contribution in [3.8, 4) is 22.6 Å². The molecule has 8 heteroatoms. The first-order chi connectivity index (χ1) is 14.8. The van der Waals surface area contributed by atoms with Crippen LogP contribution in [0.15, 0.2) is 54.7 Å². The van der Waals surface area contributed by atoms with Crippen LogP contribution in [0, 0.1) is 0 Å². The highest BCUT2D eigenvalue weighted by Crippen LogP contribution is 2.43. The summed E-state index contributed by atoms with van der Waals surface area (Å²) in [5.74, 6) is 0.190. The predicted octanol–water partition coefficient (Wildman–Crippen LogP) is 2.93. The molecule has 4 aromatic rings. The van der Waals surface area contributed by atoms with Crippen LogP contribution < -0.4 is 11.5 Å². The Hall–Kier alpha value is -3.78. The predicted molar refractivity (Wildman–Crippen MR) is 118 cm³/mol. The van der Waals surface area contributed by atoms with Crippen LogP contribution in [0.4, 0.5) is 5.82 Å². The van der Waals surface area contributed by atoms with Gasteiger partial charge in [-0.05, 0) is 25.8 Å². The van der Waals surface area contributed by atoms with E-state index in [2.05, 4.69) is 10.1 Å². The lowest BCUT2D eigenvalue weighted by molar-refractivity contribution is -0.0535. The van der Waals surface area contributed by atoms with Crippen molar-refractivity contribution in [1.82, 2.24) is 19.7 Å². The molecule has 156 valence electrons. The van der Waals surface area contributed by atoms with E-state index in [0.29, 0.717) is 29.9 Å². The van der Waals surface area contributed by atoms with Crippen molar-refractivity contribution in [2.24, 2.45) is 5.73 Å². The van der Waals surface area contributed by atoms with Crippen LogP contribution in [0.1, 0.15) is 36.2 Å². The number of nitrogen functional groups attached to an aromatic ring is 1. The molecule has 0 aliphatic heterocycles. The first kappa shape index (κ1) is 19.2. The largest absolute Gasteiger partial charge is 0.390 e. The van der Waals surface area contributed by atoms with E-state index >= 15 is 0 Å². The molecular weight excluding hydrogens is 392 g/mol. The van der Waals surface area contributed by atoms with Gasteiger partial charge in [0.05, 0.1) is 17.2 Å². The van der Waals surface area contributed by atoms with E-state index in [4.69, 9.17) is 16.5 Å². The normalized spacial score (nSPS) is 20.5. The summed E-state index contributed by atoms with van der Waals surface area (Å²) in [4.78, 5) is 21.3. The van der Waals surface area contributed by atoms with Crippen LogP contribution in [-0.2, 0) is 0 Å². The van der Waals surface area contributed by atoms with Gasteiger partial charge in [0, 0.05) is 22.7 Å². The van der Waals surface area contributed by atoms with E-state index in [1.54, 1.807) is 17.8 Å². The molecule has 1 saturated carbocycles. The molecule has 1 amide bonds. The quantitative estimate of drug-likeness (QED) is 0.470. The average Bonchev–Trinajstić information content (AvgIpc) is 3.09. The van der Waals surface area contributed by atoms with Crippen LogP contribution >= 0.6 is 0 Å². The number of carbonyl (C=O) groups excluding carboxylic acids is 1. The van der Waals surface area contributed by atoms with E-state index in [-0.39, 0.29) is 17.4 Å². The summed E-state index contributed by atoms with van der Waals surface area (Å²) in [7, 11) is 0. The second-order valence-corrected chi connectivity index (χ2v) is 8.31. The van der Waals surface area contributed by atoms with Gasteiger partial charge in [-0.1, -0.05) is 42.5 Å². The first-order valence-electron chi connectivity index (χ1n) is 10.1. The Morgan fingerprint density at radius 1 is 1.16 bits per heavy atom. The Balaban J connectivity index is 1.61. The van der Waals surface area contributed by atoms with Crippen LogP contribution in [0.25, 0.3) is 33.5 Å². The number of benzene rings is 2. The maximum atomic E-state index is 12.2. The topological polar surface area (TPSA) is 133 Å². The molecule has 0 bridgehead atoms. The van der Waals surface area contributed by atoms with Gasteiger partial charge in [0.25, 0.3) is 5.91 Å². The Kier molecular flexibility index (Phi) is 4.26. The standard InChI is InChI=1S/C23H22N6O2/c1-23(31)10-16(11-23)29-20(24)18(21(25)30)19(28-29)14-7-8-15-12-26-22(27-17(15)9-14)13-5-3-2-4-6-13/h2-9,12,16,31H,10-11,24H2,1H3,(H2,25,30)/t16-,23+. The number of anilines is 1. The van der Waals surface area contributed by atoms with Gasteiger partial charge in [0.1, 0.15) is 17.1 Å². The van der Waals surface area contributed by atoms with Gasteiger partial charge in [-0.15, -0.1) is 0 Å². The van der Waals surface area contributed by atoms with Crippen LogP contribution in [0.3, 0.4) is 0 Å². The third kappa shape index (κ3) is 3.30. The Bertz CT molecular complexity index is 1300. The molecule has 2 aromatic heterocycles. The minimum atomic E-state index is -0.746. The molecule has 5 rings (SSSR count). The first-order valence-corrected chi connectivity index (χ1v) is 10.1. The van der Waals surface area contributed by atoms with Gasteiger partial charge in [0.15, 0.2) is 5.82 Å². The molecule has 0 unspecified atom stereocenters. The molecule has 0 atom stereocenters. The van der Waals surface area contributed by atoms with Crippen LogP contribution in [0.5, 0.6) is 0 Å². The third-order valence-corrected chi connectivity index (χ3v) is 5.78. The lowest BCUT2D eigenvalue weighted by Crippen LogP contribution is -2.42. The van der Waals surface area contributed by atoms with Crippen molar-refractivity contribution in [1.29, 1.82) is 0 Å². The lowest BCUT2D eigenvalue weighted by Gasteiger charge is -2.41. The summed E-state index contributed by atoms with van der Waals surface area (Å²) >= 11 is 0. The minimum absolute atomic E-state index is 0.0747. The van der Waals surface area contributed by atoms with Crippen LogP contribution in [-0.4, -0.2) is 36.4 Å². The van der Waals surface area contributed by atoms with E-state index in [0.717, 1.165) is 16.5 Å². The highest BCUT2D eigenvalue weighted by Gasteiger charge is 2.41. The van der Waals surface area contributed by atoms with E-state index < -0.39 is 11.5 Å². The molecule has 0 spiro atoms. The van der Waals surface area contributed by atoms with Gasteiger partial charge in [-0.25, -0.2) is 14.6 Å². The number of amides is 1. The summed E-state index contributed by atoms with van der Waals surface area (Å²) in [5.41, 5.74) is 14.1. The summed E-state index contributed by atoms with van der Waals surface area (Å²) in [6, 6.07) is 15.2. The molecule has 0 saturated heterocycles. The highest BCUT2D eigenvalue weighted by molar-refractivity contribution is 6.04. The smallest absolute Gasteiger partial charge is 0.254 e. The minimum Gasteiger partial charge on any atom is -0.390 e. The monoisotopic (exact) mass is 414 g/mol. The Morgan fingerprint density at radius 2 is 1.90 bits per heavy atom. The van der Waals surface area contributed by atoms with Crippen molar-refractivity contribution in [3.63, 3.8) is 0 Å². The molecule has 0 radical (unpaired) electrons. The number of nitrogens with two attached hydrogens (primary N) is 2. The average molecular weight is 414 g/mol. The highest BCUT2D eigenvalue weighted by atomic mass is 16.3. The number of carbonyl (C=O) groups is 1. The Morgan fingerprint density at radius 3 is 2.58 bits per heavy atom. The summed E-state index contributed by atoms with van der Waals surface area (Å²) < 4.78 is 1.60. The van der Waals surface area contributed by atoms with Gasteiger partial charge in [-0.2, -0.15) is 5.10 Å². The molecule has 31 heavy (non-hydrogen) atoms. The summed E-state index contributed by atoms with van der Waals surface area (Å²) in [6.45, 7) is 1.77. The molecule has 8 nitrogen and oxygen atoms in total. The molecule has 1 fully saturated rings. The van der Waals surface area contributed by atoms with Gasteiger partial charge in [0.2, 0.25) is 0 Å². The van der Waals surface area contributed by atoms with Crippen molar-refractivity contribution < 1.29 is 9.90 Å². The SMILES string of the molecule is C[C@]1(O)C[C@@H](n2nc(-c3ccc4cnc(-c5ccccc5)nc4c3)c(C(N)=O)c2N)C1. The second kappa shape index (κ2) is 6.88. The third-order valence-electron chi connectivity index (χ3n) is 5.78. The molecule has 1 aliphatic carbocycles. The van der Waals surface area contributed by atoms with Gasteiger partial charge < -0.3 is 16.6 Å². The van der Waals surface area contributed by atoms with E-state index in [9.17, 15) is 9.90 Å². The number of rotatable bonds is 4. The number of hydrogen-bond donors (Lipinski definition) is 3. The second-order valence-electron chi connectivity index (χ2n) is 8.31. The number of nitrogens with zero attached hydrogens (tertiary/aromatic N) is 4. The van der Waals surface area contributed by atoms with E-state index in [1.165, 1.54) is 0 Å². The summed E-state index contributed by atoms with van der Waals surface area (Å²) in [5, 5.41) is 15.6. The van der Waals surface area contributed by atoms with Crippen molar-refractivity contribution in [2.45, 2.75) is 31.4 Å². The summed E-state index contributed by atoms with van der Waals surface area (Å²) in [6.07, 6.45) is 2.80.